The van der Waals surface area contributed by atoms with E-state index >= 15 is 0 Å². The molecular weight excluding hydrogens is 508 g/mol. The first-order chi connectivity index (χ1) is 17.7. The van der Waals surface area contributed by atoms with Crippen LogP contribution in [-0.2, 0) is 14.8 Å². The second-order valence-corrected chi connectivity index (χ2v) is 11.3. The predicted octanol–water partition coefficient (Wildman–Crippen LogP) is 4.96. The number of aromatic carboxylic acids is 1. The molecule has 0 bridgehead atoms. The first-order valence-corrected chi connectivity index (χ1v) is 13.8. The number of aromatic nitrogens is 2. The first kappa shape index (κ1) is 28.9. The highest BCUT2D eigenvalue weighted by Gasteiger charge is 2.27. The number of carbonyl (C=O) groups is 2. The Morgan fingerprint density at radius 3 is 2.37 bits per heavy atom. The number of aryl methyl sites for hydroxylation is 2. The van der Waals surface area contributed by atoms with E-state index in [1.807, 2.05) is 39.0 Å². The number of benzene rings is 2. The fraction of sp³-hybridized carbons (Fsp3) is 0.370. The third-order valence-electron chi connectivity index (χ3n) is 6.06. The van der Waals surface area contributed by atoms with E-state index in [1.165, 1.54) is 22.9 Å². The Balaban J connectivity index is 2.21. The normalized spacial score (nSPS) is 12.4. The maximum absolute atomic E-state index is 13.4. The van der Waals surface area contributed by atoms with Crippen LogP contribution in [0, 0.1) is 26.7 Å². The van der Waals surface area contributed by atoms with Crippen molar-refractivity contribution in [3.05, 3.63) is 58.8 Å². The molecule has 1 unspecified atom stereocenters. The number of amides is 1. The largest absolute Gasteiger partial charge is 0.476 e. The number of hydrogen-bond donors (Lipinski definition) is 3. The number of carbonyl (C=O) groups excluding carboxylic acids is 1. The van der Waals surface area contributed by atoms with E-state index in [1.54, 1.807) is 27.7 Å². The molecule has 3 rings (SSSR count). The zero-order valence-electron chi connectivity index (χ0n) is 22.6. The molecule has 10 nitrogen and oxygen atoms in total. The minimum atomic E-state index is -4.09. The van der Waals surface area contributed by atoms with Crippen molar-refractivity contribution in [2.75, 3.05) is 5.32 Å². The molecule has 204 valence electrons. The van der Waals surface area contributed by atoms with E-state index in [2.05, 4.69) is 15.1 Å². The molecule has 0 saturated heterocycles. The lowest BCUT2D eigenvalue weighted by molar-refractivity contribution is -0.118. The summed E-state index contributed by atoms with van der Waals surface area (Å²) in [5.41, 5.74) is 2.63. The minimum Gasteiger partial charge on any atom is -0.476 e. The molecule has 3 aromatic rings. The number of rotatable bonds is 10. The molecule has 0 saturated carbocycles. The maximum atomic E-state index is 13.4. The molecule has 1 heterocycles. The van der Waals surface area contributed by atoms with Crippen LogP contribution >= 0.6 is 0 Å². The fourth-order valence-corrected chi connectivity index (χ4v) is 5.08. The average Bonchev–Trinajstić information content (AvgIpc) is 3.17. The van der Waals surface area contributed by atoms with Crippen LogP contribution in [0.25, 0.3) is 5.69 Å². The van der Waals surface area contributed by atoms with Crippen molar-refractivity contribution in [1.29, 1.82) is 0 Å². The van der Waals surface area contributed by atoms with E-state index in [-0.39, 0.29) is 51.3 Å². The monoisotopic (exact) mass is 542 g/mol. The van der Waals surface area contributed by atoms with Gasteiger partial charge in [-0.05, 0) is 69.5 Å². The van der Waals surface area contributed by atoms with Crippen molar-refractivity contribution in [2.24, 2.45) is 5.92 Å². The molecule has 1 aromatic heterocycles. The zero-order valence-corrected chi connectivity index (χ0v) is 23.4. The second kappa shape index (κ2) is 11.4. The first-order valence-electron chi connectivity index (χ1n) is 12.3. The number of carboxylic acid groups (broad SMARTS) is 1. The number of ether oxygens (including phenoxy) is 1. The summed E-state index contributed by atoms with van der Waals surface area (Å²) in [5, 5.41) is 16.7. The summed E-state index contributed by atoms with van der Waals surface area (Å²) >= 11 is 0. The number of nitrogens with one attached hydrogen (secondary N) is 2. The lowest BCUT2D eigenvalue weighted by atomic mass is 10.1. The van der Waals surface area contributed by atoms with Crippen molar-refractivity contribution < 1.29 is 27.9 Å². The van der Waals surface area contributed by atoms with Gasteiger partial charge in [-0.3, -0.25) is 4.79 Å². The number of hydrogen-bond acceptors (Lipinski definition) is 6. The topological polar surface area (TPSA) is 140 Å². The molecule has 0 aliphatic carbocycles. The second-order valence-electron chi connectivity index (χ2n) is 9.62. The molecule has 38 heavy (non-hydrogen) atoms. The van der Waals surface area contributed by atoms with E-state index in [0.717, 1.165) is 11.1 Å². The van der Waals surface area contributed by atoms with Crippen molar-refractivity contribution in [1.82, 2.24) is 14.5 Å². The molecule has 0 radical (unpaired) electrons. The Kier molecular flexibility index (Phi) is 8.63. The molecule has 1 amide bonds. The quantitative estimate of drug-likeness (QED) is 0.329. The Bertz CT molecular complexity index is 1480. The number of sulfonamides is 1. The van der Waals surface area contributed by atoms with Crippen LogP contribution in [0.2, 0.25) is 0 Å². The molecular formula is C27H34N4O6S. The van der Waals surface area contributed by atoms with Crippen molar-refractivity contribution in [2.45, 2.75) is 65.8 Å². The lowest BCUT2D eigenvalue weighted by Gasteiger charge is -2.18. The molecule has 0 aliphatic heterocycles. The summed E-state index contributed by atoms with van der Waals surface area (Å²) in [5.74, 6) is -1.81. The van der Waals surface area contributed by atoms with Gasteiger partial charge in [0, 0.05) is 23.2 Å². The Hall–Kier alpha value is -3.70. The van der Waals surface area contributed by atoms with Gasteiger partial charge in [-0.15, -0.1) is 0 Å². The van der Waals surface area contributed by atoms with Crippen LogP contribution in [-0.4, -0.2) is 41.2 Å². The number of nitrogens with zero attached hydrogens (tertiary/aromatic N) is 2. The van der Waals surface area contributed by atoms with E-state index in [9.17, 15) is 23.1 Å². The van der Waals surface area contributed by atoms with Crippen LogP contribution in [0.15, 0.2) is 41.3 Å². The SMILES string of the molecule is CCC(C)NS(=O)(=O)c1cc(NC(=O)C(C)C)ccc1Oc1c(C)c(C(=O)O)nn1-c1cc(C)ccc1C. The van der Waals surface area contributed by atoms with E-state index in [4.69, 9.17) is 4.74 Å². The summed E-state index contributed by atoms with van der Waals surface area (Å²) in [6.45, 7) is 12.3. The van der Waals surface area contributed by atoms with Gasteiger partial charge in [0.15, 0.2) is 5.69 Å². The van der Waals surface area contributed by atoms with Crippen LogP contribution in [0.3, 0.4) is 0 Å². The van der Waals surface area contributed by atoms with Gasteiger partial charge in [0.05, 0.1) is 5.69 Å². The average molecular weight is 543 g/mol. The van der Waals surface area contributed by atoms with Gasteiger partial charge in [0.1, 0.15) is 10.6 Å². The van der Waals surface area contributed by atoms with Crippen LogP contribution < -0.4 is 14.8 Å². The Morgan fingerprint density at radius 1 is 1.08 bits per heavy atom. The molecule has 3 N–H and O–H groups in total. The van der Waals surface area contributed by atoms with Crippen LogP contribution in [0.5, 0.6) is 11.6 Å². The van der Waals surface area contributed by atoms with Gasteiger partial charge in [-0.2, -0.15) is 9.78 Å². The smallest absolute Gasteiger partial charge is 0.356 e. The molecule has 0 aliphatic rings. The van der Waals surface area contributed by atoms with Gasteiger partial charge in [-0.25, -0.2) is 17.9 Å². The molecule has 2 aromatic carbocycles. The summed E-state index contributed by atoms with van der Waals surface area (Å²) in [7, 11) is -4.09. The molecule has 1 atom stereocenters. The highest BCUT2D eigenvalue weighted by Crippen LogP contribution is 2.36. The third kappa shape index (κ3) is 6.22. The maximum Gasteiger partial charge on any atom is 0.356 e. The van der Waals surface area contributed by atoms with Crippen LogP contribution in [0.1, 0.15) is 61.3 Å². The van der Waals surface area contributed by atoms with Crippen molar-refractivity contribution in [3.8, 4) is 17.3 Å². The van der Waals surface area contributed by atoms with Crippen LogP contribution in [0.4, 0.5) is 5.69 Å². The third-order valence-corrected chi connectivity index (χ3v) is 7.67. The molecule has 11 heteroatoms. The lowest BCUT2D eigenvalue weighted by Crippen LogP contribution is -2.32. The van der Waals surface area contributed by atoms with Gasteiger partial charge >= 0.3 is 5.97 Å². The summed E-state index contributed by atoms with van der Waals surface area (Å²) in [6.07, 6.45) is 0.555. The minimum absolute atomic E-state index is 0.0464. The fourth-order valence-electron chi connectivity index (χ4n) is 3.60. The molecule has 0 fully saturated rings. The summed E-state index contributed by atoms with van der Waals surface area (Å²) in [6, 6.07) is 9.57. The van der Waals surface area contributed by atoms with E-state index < -0.39 is 16.0 Å². The van der Waals surface area contributed by atoms with E-state index in [0.29, 0.717) is 12.1 Å². The summed E-state index contributed by atoms with van der Waals surface area (Å²) in [4.78, 5) is 24.0. The number of carboxylic acids is 1. The predicted molar refractivity (Wildman–Crippen MR) is 145 cm³/mol. The standard InChI is InChI=1S/C27H34N4O6S/c1-8-18(6)30-38(35,36)23-14-20(28-25(32)15(2)3)11-12-22(23)37-26-19(7)24(27(33)34)29-31(26)21-13-16(4)9-10-17(21)5/h9-15,18,30H,8H2,1-7H3,(H,28,32)(H,33,34). The summed E-state index contributed by atoms with van der Waals surface area (Å²) < 4.78 is 37.0. The number of anilines is 1. The molecule has 0 spiro atoms. The van der Waals surface area contributed by atoms with Gasteiger partial charge in [0.25, 0.3) is 0 Å². The highest BCUT2D eigenvalue weighted by molar-refractivity contribution is 7.89. The van der Waals surface area contributed by atoms with Gasteiger partial charge in [-0.1, -0.05) is 32.9 Å². The van der Waals surface area contributed by atoms with Crippen molar-refractivity contribution in [3.63, 3.8) is 0 Å². The van der Waals surface area contributed by atoms with Gasteiger partial charge < -0.3 is 15.2 Å². The highest BCUT2D eigenvalue weighted by atomic mass is 32.2. The van der Waals surface area contributed by atoms with Crippen molar-refractivity contribution >= 4 is 27.6 Å². The Labute approximate surface area is 223 Å². The zero-order chi connectivity index (χ0) is 28.4. The van der Waals surface area contributed by atoms with Gasteiger partial charge in [0.2, 0.25) is 21.8 Å². The Morgan fingerprint density at radius 2 is 1.76 bits per heavy atom.